The Kier molecular flexibility index (Phi) is 5.81. The van der Waals surface area contributed by atoms with E-state index < -0.39 is 36.3 Å². The molecule has 1 unspecified atom stereocenters. The molecule has 0 rings (SSSR count). The Hall–Kier alpha value is -1.21. The summed E-state index contributed by atoms with van der Waals surface area (Å²) in [5, 5.41) is 0. The average molecular weight is 348 g/mol. The molecule has 0 N–H and O–H groups in total. The van der Waals surface area contributed by atoms with Crippen molar-refractivity contribution in [2.24, 2.45) is 0 Å². The Labute approximate surface area is 107 Å². The highest BCUT2D eigenvalue weighted by Crippen LogP contribution is 2.51. The smallest absolute Gasteiger partial charge is 0.261 e. The van der Waals surface area contributed by atoms with Crippen molar-refractivity contribution in [1.82, 2.24) is 0 Å². The molecule has 0 aromatic heterocycles. The largest absolute Gasteiger partial charge is 0.462 e. The van der Waals surface area contributed by atoms with Crippen molar-refractivity contribution in [1.29, 1.82) is 0 Å². The second kappa shape index (κ2) is 5.53. The van der Waals surface area contributed by atoms with Gasteiger partial charge in [0, 0.05) is 0 Å². The molecule has 0 saturated carbocycles. The van der Waals surface area contributed by atoms with Gasteiger partial charge in [-0.05, 0) is 0 Å². The lowest BCUT2D eigenvalue weighted by Gasteiger charge is -2.32. The number of halogens is 12. The molecule has 2 nitrogen and oxygen atoms in total. The van der Waals surface area contributed by atoms with Crippen molar-refractivity contribution >= 4 is 6.04 Å². The van der Waals surface area contributed by atoms with Crippen molar-refractivity contribution in [3.63, 3.8) is 0 Å². The fourth-order valence-electron chi connectivity index (χ4n) is 0.615. The quantitative estimate of drug-likeness (QED) is 0.564. The third kappa shape index (κ3) is 3.71. The maximum absolute atomic E-state index is 12.6. The van der Waals surface area contributed by atoms with Gasteiger partial charge in [0.2, 0.25) is 0 Å². The van der Waals surface area contributed by atoms with Gasteiger partial charge >= 0.3 is 36.3 Å². The van der Waals surface area contributed by atoms with Crippen LogP contribution in [0.25, 0.3) is 0 Å². The summed E-state index contributed by atoms with van der Waals surface area (Å²) in [5.41, 5.74) is 0. The molecule has 0 spiro atoms. The van der Waals surface area contributed by atoms with E-state index in [0.717, 1.165) is 0 Å². The first-order valence-corrected chi connectivity index (χ1v) is 3.88. The van der Waals surface area contributed by atoms with Crippen LogP contribution >= 0.6 is 0 Å². The summed E-state index contributed by atoms with van der Waals surface area (Å²) in [7, 11) is 0. The summed E-state index contributed by atoms with van der Waals surface area (Å²) < 4.78 is 145. The summed E-state index contributed by atoms with van der Waals surface area (Å²) in [5.74, 6) is -14.0. The third-order valence-corrected chi connectivity index (χ3v) is 1.61. The first-order valence-electron chi connectivity index (χ1n) is 3.88. The van der Waals surface area contributed by atoms with Gasteiger partial charge in [0.05, 0.1) is 0 Å². The van der Waals surface area contributed by atoms with Crippen LogP contribution in [0.5, 0.6) is 0 Å². The van der Waals surface area contributed by atoms with Crippen LogP contribution in [-0.2, 0) is 9.53 Å². The van der Waals surface area contributed by atoms with Crippen LogP contribution < -0.4 is 0 Å². The molecule has 0 aliphatic rings. The van der Waals surface area contributed by atoms with Gasteiger partial charge in [-0.15, -0.1) is 0 Å². The van der Waals surface area contributed by atoms with Crippen LogP contribution in [0.15, 0.2) is 0 Å². The van der Waals surface area contributed by atoms with Crippen molar-refractivity contribution in [3.05, 3.63) is 0 Å². The monoisotopic (exact) mass is 348 g/mol. The molecule has 0 heterocycles. The predicted octanol–water partition coefficient (Wildman–Crippen LogP) is 4.15. The number of hydrogen-bond acceptors (Lipinski definition) is 2. The van der Waals surface area contributed by atoms with Gasteiger partial charge in [0.1, 0.15) is 0 Å². The Morgan fingerprint density at radius 1 is 0.714 bits per heavy atom. The minimum absolute atomic E-state index is 0. The molecule has 0 fully saturated rings. The molecule has 14 heteroatoms. The number of ether oxygens (including phenoxy) is 1. The lowest BCUT2D eigenvalue weighted by Crippen LogP contribution is -2.61. The van der Waals surface area contributed by atoms with E-state index in [9.17, 15) is 57.5 Å². The Bertz CT molecular complexity index is 382. The van der Waals surface area contributed by atoms with Crippen LogP contribution in [0.3, 0.4) is 0 Å². The fourth-order valence-corrected chi connectivity index (χ4v) is 0.615. The van der Waals surface area contributed by atoms with E-state index in [1.165, 1.54) is 4.74 Å². The van der Waals surface area contributed by atoms with Crippen molar-refractivity contribution in [2.75, 3.05) is 0 Å². The summed E-state index contributed by atoms with van der Waals surface area (Å²) in [4.78, 5) is 9.62. The molecule has 0 aliphatic heterocycles. The number of hydrogen-bond donors (Lipinski definition) is 0. The Morgan fingerprint density at radius 2 is 1.05 bits per heavy atom. The zero-order chi connectivity index (χ0) is 16.8. The van der Waals surface area contributed by atoms with Crippen molar-refractivity contribution in [2.45, 2.75) is 37.7 Å². The lowest BCUT2D eigenvalue weighted by molar-refractivity contribution is -0.473. The molecule has 0 aromatic rings. The van der Waals surface area contributed by atoms with Gasteiger partial charge in [-0.2, -0.15) is 52.7 Å². The predicted molar refractivity (Wildman–Crippen MR) is 39.8 cm³/mol. The second-order valence-electron chi connectivity index (χ2n) is 3.06. The fraction of sp³-hybridized carbons (Fsp3) is 0.857. The molecule has 0 saturated heterocycles. The van der Waals surface area contributed by atoms with E-state index in [-0.39, 0.29) is 7.43 Å². The molecule has 0 amide bonds. The molecule has 0 bridgehead atoms. The van der Waals surface area contributed by atoms with E-state index in [2.05, 4.69) is 0 Å². The van der Waals surface area contributed by atoms with Gasteiger partial charge in [0.25, 0.3) is 0 Å². The first kappa shape index (κ1) is 22.1. The first-order chi connectivity index (χ1) is 8.40. The van der Waals surface area contributed by atoms with Crippen LogP contribution in [0, 0.1) is 0 Å². The summed E-state index contributed by atoms with van der Waals surface area (Å²) >= 11 is 0. The zero-order valence-electron chi connectivity index (χ0n) is 8.35. The molecule has 1 atom stereocenters. The number of rotatable bonds is 4. The minimum Gasteiger partial charge on any atom is -0.261 e. The second-order valence-corrected chi connectivity index (χ2v) is 3.06. The SMILES string of the molecule is C.O=C(F)C(F)(OC(F)(F)C(F)(F)C(F)(F)F)C(F)(F)F. The van der Waals surface area contributed by atoms with Crippen molar-refractivity contribution < 1.29 is 62.2 Å². The molecule has 21 heavy (non-hydrogen) atoms. The van der Waals surface area contributed by atoms with E-state index in [1.54, 1.807) is 0 Å². The molecule has 128 valence electrons. The van der Waals surface area contributed by atoms with Gasteiger partial charge in [-0.25, -0.2) is 0 Å². The molecular weight excluding hydrogens is 344 g/mol. The summed E-state index contributed by atoms with van der Waals surface area (Å²) in [6.45, 7) is 0. The number of carbonyl (C=O) groups excluding carboxylic acids is 1. The highest BCUT2D eigenvalue weighted by molar-refractivity contribution is 5.77. The van der Waals surface area contributed by atoms with Gasteiger partial charge in [0.15, 0.2) is 0 Å². The molecule has 0 aromatic carbocycles. The number of alkyl halides is 11. The van der Waals surface area contributed by atoms with Gasteiger partial charge in [-0.1, -0.05) is 7.43 Å². The topological polar surface area (TPSA) is 26.3 Å². The van der Waals surface area contributed by atoms with Crippen LogP contribution in [-0.4, -0.2) is 36.3 Å². The summed E-state index contributed by atoms with van der Waals surface area (Å²) in [6, 6.07) is -4.39. The molecule has 0 radical (unpaired) electrons. The normalized spacial score (nSPS) is 17.0. The van der Waals surface area contributed by atoms with Gasteiger partial charge in [-0.3, -0.25) is 9.53 Å². The zero-order valence-corrected chi connectivity index (χ0v) is 8.35. The van der Waals surface area contributed by atoms with E-state index in [1.807, 2.05) is 0 Å². The maximum atomic E-state index is 12.6. The van der Waals surface area contributed by atoms with Gasteiger partial charge < -0.3 is 0 Å². The third-order valence-electron chi connectivity index (χ3n) is 1.61. The Morgan fingerprint density at radius 3 is 1.24 bits per heavy atom. The molecular formula is C7H4F12O2. The highest BCUT2D eigenvalue weighted by atomic mass is 19.4. The van der Waals surface area contributed by atoms with Crippen LogP contribution in [0.1, 0.15) is 7.43 Å². The Balaban J connectivity index is 0. The van der Waals surface area contributed by atoms with E-state index >= 15 is 0 Å². The van der Waals surface area contributed by atoms with E-state index in [0.29, 0.717) is 0 Å². The lowest BCUT2D eigenvalue weighted by atomic mass is 10.2. The minimum atomic E-state index is -7.32. The van der Waals surface area contributed by atoms with Crippen molar-refractivity contribution in [3.8, 4) is 0 Å². The highest BCUT2D eigenvalue weighted by Gasteiger charge is 2.79. The maximum Gasteiger partial charge on any atom is 0.462 e. The van der Waals surface area contributed by atoms with Crippen LogP contribution in [0.2, 0.25) is 0 Å². The average Bonchev–Trinajstić information content (AvgIpc) is 2.12. The standard InChI is InChI=1S/C6F12O2.CH4/c7-1(19)2(8,4(11,12)13)20-6(17,18)3(9,10)5(14,15)16;/h;1H4. The van der Waals surface area contributed by atoms with E-state index in [4.69, 9.17) is 0 Å². The number of carbonyl (C=O) groups is 1. The summed E-state index contributed by atoms with van der Waals surface area (Å²) in [6.07, 6.45) is -21.3. The molecule has 0 aliphatic carbocycles. The van der Waals surface area contributed by atoms with Crippen LogP contribution in [0.4, 0.5) is 52.7 Å².